The van der Waals surface area contributed by atoms with Crippen molar-refractivity contribution in [3.05, 3.63) is 29.3 Å². The van der Waals surface area contributed by atoms with Crippen molar-refractivity contribution >= 4 is 15.9 Å². The predicted octanol–water partition coefficient (Wildman–Crippen LogP) is 4.88. The normalized spacial score (nSPS) is 13.4. The van der Waals surface area contributed by atoms with Crippen molar-refractivity contribution in [2.75, 3.05) is 7.11 Å². The third-order valence-corrected chi connectivity index (χ3v) is 3.22. The first-order chi connectivity index (χ1) is 8.99. The number of hydrogen-bond donors (Lipinski definition) is 0. The smallest absolute Gasteiger partial charge is 0.436 e. The fraction of sp³-hybridized carbons (Fsp3) is 0.455. The maximum Gasteiger partial charge on any atom is 0.436 e. The maximum atomic E-state index is 14.0. The molecule has 0 spiro atoms. The zero-order chi connectivity index (χ0) is 15.8. The Morgan fingerprint density at radius 1 is 1.00 bits per heavy atom. The molecule has 0 heterocycles. The molecule has 0 aromatic heterocycles. The highest BCUT2D eigenvalue weighted by Crippen LogP contribution is 2.55. The molecule has 0 aliphatic carbocycles. The van der Waals surface area contributed by atoms with Crippen molar-refractivity contribution in [2.45, 2.75) is 23.4 Å². The molecule has 0 bridgehead atoms. The van der Waals surface area contributed by atoms with Crippen LogP contribution in [0.2, 0.25) is 0 Å². The van der Waals surface area contributed by atoms with Crippen LogP contribution in [-0.4, -0.2) is 19.5 Å². The van der Waals surface area contributed by atoms with Gasteiger partial charge >= 0.3 is 18.0 Å². The molecule has 0 amide bonds. The van der Waals surface area contributed by atoms with Crippen LogP contribution in [0.15, 0.2) is 18.2 Å². The molecule has 1 aromatic carbocycles. The second-order valence-electron chi connectivity index (χ2n) is 3.82. The van der Waals surface area contributed by atoms with Crippen LogP contribution in [0.4, 0.5) is 30.7 Å². The maximum absolute atomic E-state index is 14.0. The second kappa shape index (κ2) is 5.42. The van der Waals surface area contributed by atoms with Gasteiger partial charge in [-0.3, -0.25) is 0 Å². The van der Waals surface area contributed by atoms with Crippen molar-refractivity contribution in [3.8, 4) is 5.75 Å². The van der Waals surface area contributed by atoms with Gasteiger partial charge in [0.2, 0.25) is 0 Å². The summed E-state index contributed by atoms with van der Waals surface area (Å²) in [7, 11) is 0.861. The van der Waals surface area contributed by atoms with Crippen LogP contribution in [0.1, 0.15) is 11.1 Å². The second-order valence-corrected chi connectivity index (χ2v) is 4.38. The molecule has 1 rings (SSSR count). The molecular weight excluding hydrogens is 361 g/mol. The summed E-state index contributed by atoms with van der Waals surface area (Å²) in [5.74, 6) is -0.827. The van der Waals surface area contributed by atoms with E-state index in [4.69, 9.17) is 0 Å². The van der Waals surface area contributed by atoms with Gasteiger partial charge in [-0.15, -0.1) is 0 Å². The molecule has 0 saturated heterocycles. The van der Waals surface area contributed by atoms with E-state index >= 15 is 0 Å². The Morgan fingerprint density at radius 3 is 1.85 bits per heavy atom. The van der Waals surface area contributed by atoms with Gasteiger partial charge in [0.1, 0.15) is 5.75 Å². The molecule has 0 N–H and O–H groups in total. The van der Waals surface area contributed by atoms with Gasteiger partial charge in [-0.2, -0.15) is 26.3 Å². The lowest BCUT2D eigenvalue weighted by Gasteiger charge is -2.31. The van der Waals surface area contributed by atoms with Crippen molar-refractivity contribution in [1.29, 1.82) is 0 Å². The molecule has 0 unspecified atom stereocenters. The van der Waals surface area contributed by atoms with Gasteiger partial charge in [-0.1, -0.05) is 22.0 Å². The highest BCUT2D eigenvalue weighted by Gasteiger charge is 2.74. The number of methoxy groups -OCH3 is 1. The minimum absolute atomic E-state index is 0.0320. The quantitative estimate of drug-likeness (QED) is 0.545. The van der Waals surface area contributed by atoms with E-state index in [0.717, 1.165) is 13.2 Å². The standard InChI is InChI=1S/C11H8BrF7O/c1-20-8-3-2-6(5-12)4-7(8)9(13,10(14,15)16)11(17,18)19/h2-4H,5H2,1H3. The molecule has 0 radical (unpaired) electrons. The lowest BCUT2D eigenvalue weighted by molar-refractivity contribution is -0.349. The van der Waals surface area contributed by atoms with Gasteiger partial charge in [-0.05, 0) is 17.7 Å². The summed E-state index contributed by atoms with van der Waals surface area (Å²) >= 11 is 2.88. The van der Waals surface area contributed by atoms with Crippen molar-refractivity contribution in [1.82, 2.24) is 0 Å². The summed E-state index contributed by atoms with van der Waals surface area (Å²) in [4.78, 5) is 0. The first-order valence-corrected chi connectivity index (χ1v) is 6.17. The number of halogens is 8. The molecular formula is C11H8BrF7O. The predicted molar refractivity (Wildman–Crippen MR) is 60.5 cm³/mol. The minimum atomic E-state index is -6.16. The third-order valence-electron chi connectivity index (χ3n) is 2.57. The average Bonchev–Trinajstić information content (AvgIpc) is 2.34. The van der Waals surface area contributed by atoms with E-state index in [0.29, 0.717) is 6.07 Å². The van der Waals surface area contributed by atoms with E-state index in [-0.39, 0.29) is 10.9 Å². The zero-order valence-corrected chi connectivity index (χ0v) is 11.5. The van der Waals surface area contributed by atoms with Gasteiger partial charge in [0.25, 0.3) is 0 Å². The Bertz CT molecular complexity index is 467. The number of alkyl halides is 8. The molecule has 9 heteroatoms. The SMILES string of the molecule is COc1ccc(CBr)cc1C(F)(C(F)(F)F)C(F)(F)F. The van der Waals surface area contributed by atoms with E-state index < -0.39 is 29.3 Å². The number of ether oxygens (including phenoxy) is 1. The van der Waals surface area contributed by atoms with Gasteiger partial charge in [-0.25, -0.2) is 4.39 Å². The van der Waals surface area contributed by atoms with E-state index in [9.17, 15) is 30.7 Å². The first kappa shape index (κ1) is 17.1. The lowest BCUT2D eigenvalue weighted by atomic mass is 9.92. The van der Waals surface area contributed by atoms with Crippen LogP contribution in [0, 0.1) is 0 Å². The highest BCUT2D eigenvalue weighted by atomic mass is 79.9. The average molecular weight is 369 g/mol. The van der Waals surface area contributed by atoms with Crippen LogP contribution in [-0.2, 0) is 11.0 Å². The number of benzene rings is 1. The van der Waals surface area contributed by atoms with Crippen LogP contribution in [0.25, 0.3) is 0 Å². The molecule has 0 aliphatic rings. The van der Waals surface area contributed by atoms with Crippen LogP contribution >= 0.6 is 15.9 Å². The fourth-order valence-corrected chi connectivity index (χ4v) is 1.92. The monoisotopic (exact) mass is 368 g/mol. The Balaban J connectivity index is 3.66. The molecule has 114 valence electrons. The molecule has 1 aromatic rings. The Kier molecular flexibility index (Phi) is 4.62. The summed E-state index contributed by atoms with van der Waals surface area (Å²) in [5.41, 5.74) is -7.06. The molecule has 0 aliphatic heterocycles. The summed E-state index contributed by atoms with van der Waals surface area (Å²) < 4.78 is 94.4. The third kappa shape index (κ3) is 2.72. The van der Waals surface area contributed by atoms with Gasteiger partial charge in [0, 0.05) is 5.33 Å². The van der Waals surface area contributed by atoms with Crippen LogP contribution < -0.4 is 4.74 Å². The first-order valence-electron chi connectivity index (χ1n) is 5.04. The van der Waals surface area contributed by atoms with Gasteiger partial charge in [0.15, 0.2) is 0 Å². The van der Waals surface area contributed by atoms with Gasteiger partial charge < -0.3 is 4.74 Å². The van der Waals surface area contributed by atoms with Crippen molar-refractivity contribution < 1.29 is 35.5 Å². The fourth-order valence-electron chi connectivity index (χ4n) is 1.57. The van der Waals surface area contributed by atoms with E-state index in [1.165, 1.54) is 6.07 Å². The largest absolute Gasteiger partial charge is 0.496 e. The van der Waals surface area contributed by atoms with Crippen molar-refractivity contribution in [2.24, 2.45) is 0 Å². The molecule has 1 nitrogen and oxygen atoms in total. The Labute approximate surface area is 117 Å². The summed E-state index contributed by atoms with van der Waals surface area (Å²) in [6.07, 6.45) is -12.3. The van der Waals surface area contributed by atoms with E-state index in [1.807, 2.05) is 0 Å². The minimum Gasteiger partial charge on any atom is -0.496 e. The van der Waals surface area contributed by atoms with Crippen molar-refractivity contribution in [3.63, 3.8) is 0 Å². The molecule has 0 fully saturated rings. The number of hydrogen-bond acceptors (Lipinski definition) is 1. The molecule has 0 saturated carbocycles. The summed E-state index contributed by atoms with van der Waals surface area (Å²) in [5, 5.41) is -0.0320. The Hall–Kier alpha value is -0.990. The number of rotatable bonds is 3. The van der Waals surface area contributed by atoms with E-state index in [2.05, 4.69) is 20.7 Å². The molecule has 20 heavy (non-hydrogen) atoms. The van der Waals surface area contributed by atoms with Gasteiger partial charge in [0.05, 0.1) is 12.7 Å². The topological polar surface area (TPSA) is 9.23 Å². The summed E-state index contributed by atoms with van der Waals surface area (Å²) in [6.45, 7) is 0. The van der Waals surface area contributed by atoms with Crippen LogP contribution in [0.3, 0.4) is 0 Å². The van der Waals surface area contributed by atoms with E-state index in [1.54, 1.807) is 0 Å². The highest BCUT2D eigenvalue weighted by molar-refractivity contribution is 9.08. The lowest BCUT2D eigenvalue weighted by Crippen LogP contribution is -2.50. The zero-order valence-electron chi connectivity index (χ0n) is 9.87. The summed E-state index contributed by atoms with van der Waals surface area (Å²) in [6, 6.07) is 2.57. The van der Waals surface area contributed by atoms with Crippen LogP contribution in [0.5, 0.6) is 5.75 Å². The molecule has 0 atom stereocenters. The Morgan fingerprint density at radius 2 is 1.50 bits per heavy atom.